The number of aliphatic hydroxyl groups is 1. The quantitative estimate of drug-likeness (QED) is 0.758. The van der Waals surface area contributed by atoms with Gasteiger partial charge in [-0.2, -0.15) is 0 Å². The van der Waals surface area contributed by atoms with Crippen LogP contribution < -0.4 is 0 Å². The summed E-state index contributed by atoms with van der Waals surface area (Å²) >= 11 is 0. The van der Waals surface area contributed by atoms with Crippen molar-refractivity contribution in [1.29, 1.82) is 0 Å². The second kappa shape index (κ2) is 8.81. The second-order valence-electron chi connectivity index (χ2n) is 9.60. The molecule has 0 saturated carbocycles. The van der Waals surface area contributed by atoms with E-state index in [4.69, 9.17) is 4.74 Å². The van der Waals surface area contributed by atoms with Gasteiger partial charge in [-0.05, 0) is 48.6 Å². The molecule has 5 nitrogen and oxygen atoms in total. The fraction of sp³-hybridized carbons (Fsp3) is 0.640. The molecule has 3 saturated heterocycles. The summed E-state index contributed by atoms with van der Waals surface area (Å²) in [6.45, 7) is 6.07. The highest BCUT2D eigenvalue weighted by atomic mass is 16.5. The Morgan fingerprint density at radius 1 is 1.03 bits per heavy atom. The Hall–Kier alpha value is -1.69. The van der Waals surface area contributed by atoms with Gasteiger partial charge in [0.05, 0.1) is 6.10 Å². The van der Waals surface area contributed by atoms with Crippen LogP contribution in [0.5, 0.6) is 0 Å². The van der Waals surface area contributed by atoms with Crippen LogP contribution in [0.2, 0.25) is 0 Å². The van der Waals surface area contributed by atoms with Gasteiger partial charge in [0.2, 0.25) is 5.91 Å². The molecule has 1 aliphatic carbocycles. The van der Waals surface area contributed by atoms with Crippen molar-refractivity contribution in [1.82, 2.24) is 9.80 Å². The molecule has 5 rings (SSSR count). The van der Waals surface area contributed by atoms with E-state index in [2.05, 4.69) is 46.2 Å². The summed E-state index contributed by atoms with van der Waals surface area (Å²) in [4.78, 5) is 17.4. The maximum Gasteiger partial charge on any atom is 0.225 e. The van der Waals surface area contributed by atoms with Gasteiger partial charge in [0, 0.05) is 57.8 Å². The van der Waals surface area contributed by atoms with E-state index in [9.17, 15) is 9.90 Å². The van der Waals surface area contributed by atoms with Crippen molar-refractivity contribution in [3.05, 3.63) is 47.5 Å². The molecule has 0 radical (unpaired) electrons. The van der Waals surface area contributed by atoms with Gasteiger partial charge < -0.3 is 19.6 Å². The summed E-state index contributed by atoms with van der Waals surface area (Å²) < 4.78 is 5.43. The third-order valence-corrected chi connectivity index (χ3v) is 7.65. The number of ether oxygens (including phenoxy) is 1. The van der Waals surface area contributed by atoms with Crippen LogP contribution in [-0.4, -0.2) is 72.9 Å². The van der Waals surface area contributed by atoms with Crippen molar-refractivity contribution in [2.45, 2.75) is 37.7 Å². The van der Waals surface area contributed by atoms with Gasteiger partial charge in [0.15, 0.2) is 0 Å². The molecule has 1 aromatic carbocycles. The Balaban J connectivity index is 1.17. The van der Waals surface area contributed by atoms with Crippen molar-refractivity contribution in [3.8, 4) is 0 Å². The first kappa shape index (κ1) is 20.2. The van der Waals surface area contributed by atoms with E-state index in [-0.39, 0.29) is 12.0 Å². The molecule has 0 aromatic heterocycles. The summed E-state index contributed by atoms with van der Waals surface area (Å²) in [6, 6.07) is 9.11. The molecule has 1 N–H and O–H groups in total. The molecule has 1 aromatic rings. The number of amides is 1. The third-order valence-electron chi connectivity index (χ3n) is 7.65. The fourth-order valence-electron chi connectivity index (χ4n) is 5.79. The van der Waals surface area contributed by atoms with Gasteiger partial charge in [0.25, 0.3) is 0 Å². The first-order valence-electron chi connectivity index (χ1n) is 11.7. The lowest BCUT2D eigenvalue weighted by molar-refractivity contribution is -0.137. The van der Waals surface area contributed by atoms with Crippen LogP contribution >= 0.6 is 0 Å². The van der Waals surface area contributed by atoms with Crippen LogP contribution in [0.15, 0.2) is 36.4 Å². The minimum atomic E-state index is -0.140. The first-order chi connectivity index (χ1) is 14.7. The highest BCUT2D eigenvalue weighted by molar-refractivity contribution is 5.79. The molecule has 4 atom stereocenters. The van der Waals surface area contributed by atoms with E-state index >= 15 is 0 Å². The van der Waals surface area contributed by atoms with E-state index < -0.39 is 0 Å². The van der Waals surface area contributed by atoms with E-state index in [1.807, 2.05) is 0 Å². The molecule has 4 aliphatic rings. The summed E-state index contributed by atoms with van der Waals surface area (Å²) in [5.41, 5.74) is 2.74. The van der Waals surface area contributed by atoms with Gasteiger partial charge in [-0.3, -0.25) is 4.79 Å². The molecule has 162 valence electrons. The van der Waals surface area contributed by atoms with Gasteiger partial charge >= 0.3 is 0 Å². The van der Waals surface area contributed by atoms with Crippen LogP contribution in [0.1, 0.15) is 36.3 Å². The molecule has 5 heteroatoms. The van der Waals surface area contributed by atoms with E-state index in [0.717, 1.165) is 71.6 Å². The van der Waals surface area contributed by atoms with Crippen LogP contribution in [0.4, 0.5) is 0 Å². The molecule has 3 fully saturated rings. The van der Waals surface area contributed by atoms with Gasteiger partial charge in [-0.15, -0.1) is 0 Å². The average molecular weight is 411 g/mol. The number of aliphatic hydroxyl groups excluding tert-OH is 1. The van der Waals surface area contributed by atoms with Gasteiger partial charge in [-0.25, -0.2) is 0 Å². The molecule has 3 heterocycles. The standard InChI is InChI=1S/C25H34N2O3/c28-22-8-12-26(16-22)11-7-18-1-3-19(4-2-18)23-6-5-21-15-27(17-24(21)23)25(29)20-9-13-30-14-10-20/h1-6,20-24,28H,7-17H2. The minimum absolute atomic E-state index is 0.140. The number of hydrogen-bond acceptors (Lipinski definition) is 4. The van der Waals surface area contributed by atoms with Gasteiger partial charge in [-0.1, -0.05) is 36.4 Å². The van der Waals surface area contributed by atoms with Crippen molar-refractivity contribution in [3.63, 3.8) is 0 Å². The monoisotopic (exact) mass is 410 g/mol. The highest BCUT2D eigenvalue weighted by Crippen LogP contribution is 2.43. The number of nitrogens with zero attached hydrogens (tertiary/aromatic N) is 2. The SMILES string of the molecule is O=C(C1CCOCC1)N1CC2C=CC(c3ccc(CCN4CCC(O)C4)cc3)C2C1. The Morgan fingerprint density at radius 3 is 2.57 bits per heavy atom. The summed E-state index contributed by atoms with van der Waals surface area (Å²) in [7, 11) is 0. The molecule has 1 amide bonds. The Morgan fingerprint density at radius 2 is 1.83 bits per heavy atom. The van der Waals surface area contributed by atoms with Gasteiger partial charge in [0.1, 0.15) is 0 Å². The van der Waals surface area contributed by atoms with Crippen molar-refractivity contribution in [2.24, 2.45) is 17.8 Å². The Labute approximate surface area is 179 Å². The molecule has 0 spiro atoms. The number of allylic oxidation sites excluding steroid dienone is 1. The summed E-state index contributed by atoms with van der Waals surface area (Å²) in [6.07, 6.45) is 8.27. The lowest BCUT2D eigenvalue weighted by atomic mass is 9.85. The number of β-amino-alcohol motifs (C(OH)–C–C–N with tert-alkyl or cyclic N) is 1. The first-order valence-corrected chi connectivity index (χ1v) is 11.7. The lowest BCUT2D eigenvalue weighted by Crippen LogP contribution is -2.37. The minimum Gasteiger partial charge on any atom is -0.392 e. The zero-order valence-electron chi connectivity index (χ0n) is 17.8. The van der Waals surface area contributed by atoms with Crippen molar-refractivity contribution >= 4 is 5.91 Å². The zero-order chi connectivity index (χ0) is 20.5. The molecule has 4 unspecified atom stereocenters. The summed E-state index contributed by atoms with van der Waals surface area (Å²) in [5, 5.41) is 9.68. The Bertz CT molecular complexity index is 771. The number of hydrogen-bond donors (Lipinski definition) is 1. The number of likely N-dealkylation sites (tertiary alicyclic amines) is 2. The highest BCUT2D eigenvalue weighted by Gasteiger charge is 2.42. The average Bonchev–Trinajstić information content (AvgIpc) is 3.48. The zero-order valence-corrected chi connectivity index (χ0v) is 17.8. The number of carbonyl (C=O) groups excluding carboxylic acids is 1. The van der Waals surface area contributed by atoms with Crippen molar-refractivity contribution in [2.75, 3.05) is 45.9 Å². The number of carbonyl (C=O) groups is 1. The summed E-state index contributed by atoms with van der Waals surface area (Å²) in [5.74, 6) is 1.95. The number of fused-ring (bicyclic) bond motifs is 1. The molecule has 30 heavy (non-hydrogen) atoms. The number of benzene rings is 1. The maximum atomic E-state index is 12.9. The normalized spacial score (nSPS) is 32.1. The smallest absolute Gasteiger partial charge is 0.225 e. The van der Waals surface area contributed by atoms with E-state index in [1.54, 1.807) is 0 Å². The molecular formula is C25H34N2O3. The third kappa shape index (κ3) is 4.20. The van der Waals surface area contributed by atoms with E-state index in [1.165, 1.54) is 11.1 Å². The van der Waals surface area contributed by atoms with E-state index in [0.29, 0.717) is 23.7 Å². The predicted molar refractivity (Wildman–Crippen MR) is 116 cm³/mol. The van der Waals surface area contributed by atoms with Crippen LogP contribution in [-0.2, 0) is 16.0 Å². The van der Waals surface area contributed by atoms with Crippen molar-refractivity contribution < 1.29 is 14.6 Å². The Kier molecular flexibility index (Phi) is 5.94. The number of rotatable bonds is 5. The molecule has 0 bridgehead atoms. The fourth-order valence-corrected chi connectivity index (χ4v) is 5.79. The molecule has 3 aliphatic heterocycles. The topological polar surface area (TPSA) is 53.0 Å². The lowest BCUT2D eigenvalue weighted by Gasteiger charge is -2.27. The van der Waals surface area contributed by atoms with Crippen LogP contribution in [0.3, 0.4) is 0 Å². The maximum absolute atomic E-state index is 12.9. The molecular weight excluding hydrogens is 376 g/mol. The largest absolute Gasteiger partial charge is 0.392 e. The van der Waals surface area contributed by atoms with Crippen LogP contribution in [0.25, 0.3) is 0 Å². The predicted octanol–water partition coefficient (Wildman–Crippen LogP) is 2.45. The second-order valence-corrected chi connectivity index (χ2v) is 9.60. The van der Waals surface area contributed by atoms with Crippen LogP contribution in [0, 0.1) is 17.8 Å².